The quantitative estimate of drug-likeness (QED) is 0.775. The van der Waals surface area contributed by atoms with Gasteiger partial charge in [0, 0.05) is 6.42 Å². The van der Waals surface area contributed by atoms with Gasteiger partial charge >= 0.3 is 0 Å². The third-order valence-electron chi connectivity index (χ3n) is 3.22. The molecule has 3 rings (SSSR count). The number of nitrogens with zero attached hydrogens (tertiary/aromatic N) is 4. The Balaban J connectivity index is 1.86. The second-order valence-corrected chi connectivity index (χ2v) is 4.56. The maximum Gasteiger partial charge on any atom is 0.178 e. The number of piperidine rings is 1. The summed E-state index contributed by atoms with van der Waals surface area (Å²) in [5.41, 5.74) is 6.45. The van der Waals surface area contributed by atoms with Crippen LogP contribution >= 0.6 is 0 Å². The molecule has 1 unspecified atom stereocenters. The third kappa shape index (κ3) is 2.08. The van der Waals surface area contributed by atoms with Gasteiger partial charge in [-0.25, -0.2) is 0 Å². The van der Waals surface area contributed by atoms with Crippen LogP contribution in [0.5, 0.6) is 0 Å². The number of nitrogens with one attached hydrogen (secondary N) is 1. The van der Waals surface area contributed by atoms with E-state index in [1.54, 1.807) is 10.6 Å². The van der Waals surface area contributed by atoms with Crippen molar-refractivity contribution in [2.75, 3.05) is 18.8 Å². The highest BCUT2D eigenvalue weighted by molar-refractivity contribution is 5.41. The van der Waals surface area contributed by atoms with Crippen molar-refractivity contribution in [2.24, 2.45) is 5.92 Å². The van der Waals surface area contributed by atoms with Gasteiger partial charge in [-0.2, -0.15) is 4.52 Å². The van der Waals surface area contributed by atoms with Crippen LogP contribution in [-0.2, 0) is 6.42 Å². The van der Waals surface area contributed by atoms with E-state index in [0.29, 0.717) is 11.7 Å². The largest absolute Gasteiger partial charge is 0.382 e. The van der Waals surface area contributed by atoms with Crippen LogP contribution < -0.4 is 11.1 Å². The summed E-state index contributed by atoms with van der Waals surface area (Å²) in [7, 11) is 0. The molecule has 3 heterocycles. The van der Waals surface area contributed by atoms with Crippen molar-refractivity contribution in [1.29, 1.82) is 0 Å². The Hall–Kier alpha value is -1.69. The molecule has 0 amide bonds. The lowest BCUT2D eigenvalue weighted by molar-refractivity contribution is 0.368. The van der Waals surface area contributed by atoms with Gasteiger partial charge in [0.25, 0.3) is 0 Å². The summed E-state index contributed by atoms with van der Waals surface area (Å²) in [5, 5.41) is 16.0. The van der Waals surface area contributed by atoms with Crippen LogP contribution in [-0.4, -0.2) is 32.9 Å². The van der Waals surface area contributed by atoms with E-state index in [4.69, 9.17) is 5.73 Å². The topological polar surface area (TPSA) is 81.1 Å². The normalized spacial score (nSPS) is 20.8. The van der Waals surface area contributed by atoms with E-state index >= 15 is 0 Å². The summed E-state index contributed by atoms with van der Waals surface area (Å²) >= 11 is 0. The predicted molar refractivity (Wildman–Crippen MR) is 64.5 cm³/mol. The monoisotopic (exact) mass is 232 g/mol. The zero-order valence-electron chi connectivity index (χ0n) is 9.63. The summed E-state index contributed by atoms with van der Waals surface area (Å²) in [5.74, 6) is 2.03. The van der Waals surface area contributed by atoms with Crippen molar-refractivity contribution in [1.82, 2.24) is 25.1 Å². The standard InChI is InChI=1S/C11H16N6/c12-9-3-4-10-14-15-11(17(10)16-9)6-8-2-1-5-13-7-8/h3-4,8,13H,1-2,5-7H2,(H2,12,16). The first-order chi connectivity index (χ1) is 8.33. The third-order valence-corrected chi connectivity index (χ3v) is 3.22. The summed E-state index contributed by atoms with van der Waals surface area (Å²) in [6.45, 7) is 2.18. The molecule has 6 heteroatoms. The number of anilines is 1. The molecule has 6 nitrogen and oxygen atoms in total. The number of rotatable bonds is 2. The van der Waals surface area contributed by atoms with Crippen LogP contribution in [0.4, 0.5) is 5.82 Å². The Morgan fingerprint density at radius 3 is 3.18 bits per heavy atom. The minimum Gasteiger partial charge on any atom is -0.382 e. The minimum atomic E-state index is 0.500. The van der Waals surface area contributed by atoms with E-state index in [0.717, 1.165) is 31.0 Å². The van der Waals surface area contributed by atoms with Crippen molar-refractivity contribution >= 4 is 11.5 Å². The van der Waals surface area contributed by atoms with Gasteiger partial charge in [-0.1, -0.05) is 0 Å². The van der Waals surface area contributed by atoms with Crippen molar-refractivity contribution in [3.05, 3.63) is 18.0 Å². The highest BCUT2D eigenvalue weighted by Gasteiger charge is 2.17. The zero-order chi connectivity index (χ0) is 11.7. The van der Waals surface area contributed by atoms with Crippen molar-refractivity contribution in [3.8, 4) is 0 Å². The van der Waals surface area contributed by atoms with Crippen LogP contribution in [0.2, 0.25) is 0 Å². The van der Waals surface area contributed by atoms with Crippen LogP contribution in [0.1, 0.15) is 18.7 Å². The molecule has 1 aliphatic rings. The van der Waals surface area contributed by atoms with E-state index in [1.165, 1.54) is 12.8 Å². The molecule has 2 aromatic heterocycles. The van der Waals surface area contributed by atoms with Crippen molar-refractivity contribution in [2.45, 2.75) is 19.3 Å². The fourth-order valence-corrected chi connectivity index (χ4v) is 2.33. The van der Waals surface area contributed by atoms with E-state index in [1.807, 2.05) is 6.07 Å². The van der Waals surface area contributed by atoms with E-state index < -0.39 is 0 Å². The van der Waals surface area contributed by atoms with Crippen LogP contribution in [0.3, 0.4) is 0 Å². The molecular formula is C11H16N6. The Bertz CT molecular complexity index is 514. The average Bonchev–Trinajstić information content (AvgIpc) is 2.73. The summed E-state index contributed by atoms with van der Waals surface area (Å²) in [6.07, 6.45) is 3.38. The highest BCUT2D eigenvalue weighted by atomic mass is 15.4. The summed E-state index contributed by atoms with van der Waals surface area (Å²) in [4.78, 5) is 0. The number of hydrogen-bond donors (Lipinski definition) is 2. The smallest absolute Gasteiger partial charge is 0.178 e. The molecule has 0 aliphatic carbocycles. The first kappa shape index (κ1) is 10.5. The average molecular weight is 232 g/mol. The molecule has 0 spiro atoms. The maximum atomic E-state index is 5.69. The Morgan fingerprint density at radius 2 is 2.35 bits per heavy atom. The van der Waals surface area contributed by atoms with Gasteiger partial charge in [-0.05, 0) is 44.0 Å². The molecule has 0 bridgehead atoms. The number of hydrogen-bond acceptors (Lipinski definition) is 5. The van der Waals surface area contributed by atoms with Crippen molar-refractivity contribution in [3.63, 3.8) is 0 Å². The highest BCUT2D eigenvalue weighted by Crippen LogP contribution is 2.15. The van der Waals surface area contributed by atoms with Crippen LogP contribution in [0.25, 0.3) is 5.65 Å². The van der Waals surface area contributed by atoms with E-state index in [2.05, 4.69) is 20.6 Å². The van der Waals surface area contributed by atoms with Gasteiger partial charge in [-0.15, -0.1) is 15.3 Å². The van der Waals surface area contributed by atoms with E-state index in [9.17, 15) is 0 Å². The SMILES string of the molecule is Nc1ccc2nnc(CC3CCCNC3)n2n1. The zero-order valence-corrected chi connectivity index (χ0v) is 9.63. The molecule has 90 valence electrons. The first-order valence-corrected chi connectivity index (χ1v) is 6.00. The fourth-order valence-electron chi connectivity index (χ4n) is 2.33. The maximum absolute atomic E-state index is 5.69. The molecule has 1 atom stereocenters. The lowest BCUT2D eigenvalue weighted by atomic mass is 9.96. The van der Waals surface area contributed by atoms with Crippen LogP contribution in [0, 0.1) is 5.92 Å². The molecule has 1 aliphatic heterocycles. The lowest BCUT2D eigenvalue weighted by Gasteiger charge is -2.21. The van der Waals surface area contributed by atoms with Gasteiger partial charge < -0.3 is 11.1 Å². The molecule has 1 fully saturated rings. The Morgan fingerprint density at radius 1 is 1.41 bits per heavy atom. The number of nitrogen functional groups attached to an aromatic ring is 1. The van der Waals surface area contributed by atoms with E-state index in [-0.39, 0.29) is 0 Å². The van der Waals surface area contributed by atoms with Gasteiger partial charge in [0.2, 0.25) is 0 Å². The molecule has 17 heavy (non-hydrogen) atoms. The number of fused-ring (bicyclic) bond motifs is 1. The lowest BCUT2D eigenvalue weighted by Crippen LogP contribution is -2.31. The first-order valence-electron chi connectivity index (χ1n) is 6.00. The molecule has 0 radical (unpaired) electrons. The second kappa shape index (κ2) is 4.29. The van der Waals surface area contributed by atoms with Gasteiger partial charge in [0.15, 0.2) is 11.5 Å². The van der Waals surface area contributed by atoms with Crippen molar-refractivity contribution < 1.29 is 0 Å². The molecule has 0 saturated carbocycles. The Labute approximate surface area is 99.2 Å². The molecule has 1 saturated heterocycles. The van der Waals surface area contributed by atoms with Gasteiger partial charge in [0.1, 0.15) is 5.82 Å². The molecule has 0 aromatic carbocycles. The summed E-state index contributed by atoms with van der Waals surface area (Å²) < 4.78 is 1.75. The van der Waals surface area contributed by atoms with Gasteiger partial charge in [0.05, 0.1) is 0 Å². The Kier molecular flexibility index (Phi) is 2.64. The van der Waals surface area contributed by atoms with Crippen LogP contribution in [0.15, 0.2) is 12.1 Å². The van der Waals surface area contributed by atoms with Gasteiger partial charge in [-0.3, -0.25) is 0 Å². The fraction of sp³-hybridized carbons (Fsp3) is 0.545. The number of aromatic nitrogens is 4. The predicted octanol–water partition coefficient (Wildman–Crippen LogP) is 0.249. The molecule has 2 aromatic rings. The second-order valence-electron chi connectivity index (χ2n) is 4.56. The molecule has 3 N–H and O–H groups in total. The molecular weight excluding hydrogens is 216 g/mol. The summed E-state index contributed by atoms with van der Waals surface area (Å²) in [6, 6.07) is 3.59. The minimum absolute atomic E-state index is 0.500. The number of nitrogens with two attached hydrogens (primary N) is 1.